The van der Waals surface area contributed by atoms with Crippen LogP contribution in [0.2, 0.25) is 0 Å². The number of para-hydroxylation sites is 1. The van der Waals surface area contributed by atoms with Crippen LogP contribution in [0.25, 0.3) is 11.3 Å². The van der Waals surface area contributed by atoms with E-state index in [0.717, 1.165) is 49.1 Å². The molecule has 6 heteroatoms. The molecule has 126 valence electrons. The van der Waals surface area contributed by atoms with E-state index in [4.69, 9.17) is 4.74 Å². The molecule has 25 heavy (non-hydrogen) atoms. The van der Waals surface area contributed by atoms with E-state index in [-0.39, 0.29) is 0 Å². The number of rotatable bonds is 4. The van der Waals surface area contributed by atoms with E-state index in [1.54, 1.807) is 6.20 Å². The summed E-state index contributed by atoms with van der Waals surface area (Å²) in [4.78, 5) is 15.7. The molecule has 0 bridgehead atoms. The molecule has 0 atom stereocenters. The van der Waals surface area contributed by atoms with Crippen LogP contribution < -0.4 is 10.2 Å². The van der Waals surface area contributed by atoms with Crippen molar-refractivity contribution in [1.82, 2.24) is 15.0 Å². The van der Waals surface area contributed by atoms with Gasteiger partial charge >= 0.3 is 0 Å². The van der Waals surface area contributed by atoms with Gasteiger partial charge in [0.25, 0.3) is 0 Å². The van der Waals surface area contributed by atoms with Crippen molar-refractivity contribution >= 4 is 17.5 Å². The first-order valence-corrected chi connectivity index (χ1v) is 8.33. The first-order chi connectivity index (χ1) is 12.4. The molecule has 0 aliphatic carbocycles. The monoisotopic (exact) mass is 333 g/mol. The van der Waals surface area contributed by atoms with Gasteiger partial charge in [0.1, 0.15) is 5.82 Å². The predicted molar refractivity (Wildman–Crippen MR) is 98.0 cm³/mol. The van der Waals surface area contributed by atoms with Crippen LogP contribution in [0, 0.1) is 0 Å². The van der Waals surface area contributed by atoms with Gasteiger partial charge in [0.15, 0.2) is 0 Å². The minimum atomic E-state index is 0.577. The van der Waals surface area contributed by atoms with E-state index in [1.165, 1.54) is 0 Å². The minimum absolute atomic E-state index is 0.577. The molecule has 2 aromatic heterocycles. The quantitative estimate of drug-likeness (QED) is 0.791. The van der Waals surface area contributed by atoms with Crippen molar-refractivity contribution in [3.8, 4) is 11.3 Å². The average Bonchev–Trinajstić information content (AvgIpc) is 2.70. The molecule has 1 N–H and O–H groups in total. The summed E-state index contributed by atoms with van der Waals surface area (Å²) in [6, 6.07) is 15.9. The number of hydrogen-bond acceptors (Lipinski definition) is 6. The third kappa shape index (κ3) is 3.75. The zero-order valence-corrected chi connectivity index (χ0v) is 13.8. The molecular formula is C19H19N5O. The van der Waals surface area contributed by atoms with Gasteiger partial charge in [-0.15, -0.1) is 0 Å². The number of morpholine rings is 1. The topological polar surface area (TPSA) is 63.2 Å². The summed E-state index contributed by atoms with van der Waals surface area (Å²) >= 11 is 0. The van der Waals surface area contributed by atoms with Gasteiger partial charge in [-0.25, -0.2) is 15.0 Å². The van der Waals surface area contributed by atoms with Crippen LogP contribution in [0.1, 0.15) is 0 Å². The lowest BCUT2D eigenvalue weighted by atomic mass is 10.2. The van der Waals surface area contributed by atoms with Crippen molar-refractivity contribution in [2.75, 3.05) is 36.5 Å². The molecule has 4 rings (SSSR count). The highest BCUT2D eigenvalue weighted by molar-refractivity contribution is 5.65. The maximum atomic E-state index is 5.41. The molecule has 1 aromatic carbocycles. The van der Waals surface area contributed by atoms with Gasteiger partial charge in [0, 0.05) is 36.7 Å². The van der Waals surface area contributed by atoms with E-state index < -0.39 is 0 Å². The second-order valence-corrected chi connectivity index (χ2v) is 5.76. The van der Waals surface area contributed by atoms with E-state index in [1.807, 2.05) is 48.7 Å². The van der Waals surface area contributed by atoms with Gasteiger partial charge < -0.3 is 15.0 Å². The highest BCUT2D eigenvalue weighted by atomic mass is 16.5. The van der Waals surface area contributed by atoms with E-state index in [0.29, 0.717) is 5.95 Å². The number of pyridine rings is 1. The lowest BCUT2D eigenvalue weighted by Crippen LogP contribution is -2.36. The first kappa shape index (κ1) is 15.5. The molecule has 3 heterocycles. The zero-order chi connectivity index (χ0) is 16.9. The lowest BCUT2D eigenvalue weighted by molar-refractivity contribution is 0.122. The number of anilines is 3. The fourth-order valence-electron chi connectivity index (χ4n) is 2.77. The Labute approximate surface area is 146 Å². The molecule has 3 aromatic rings. The van der Waals surface area contributed by atoms with Gasteiger partial charge in [-0.1, -0.05) is 18.2 Å². The minimum Gasteiger partial charge on any atom is -0.378 e. The Hall–Kier alpha value is -2.99. The summed E-state index contributed by atoms with van der Waals surface area (Å²) in [5, 5.41) is 3.23. The maximum absolute atomic E-state index is 5.41. The predicted octanol–water partition coefficient (Wildman–Crippen LogP) is 3.12. The van der Waals surface area contributed by atoms with Gasteiger partial charge in [0.05, 0.1) is 18.9 Å². The second kappa shape index (κ2) is 7.27. The third-order valence-electron chi connectivity index (χ3n) is 4.06. The van der Waals surface area contributed by atoms with Crippen LogP contribution in [0.5, 0.6) is 0 Å². The van der Waals surface area contributed by atoms with Crippen molar-refractivity contribution in [2.45, 2.75) is 0 Å². The van der Waals surface area contributed by atoms with Crippen molar-refractivity contribution in [2.24, 2.45) is 0 Å². The molecular weight excluding hydrogens is 314 g/mol. The standard InChI is InChI=1S/C19H19N5O/c1-2-4-16(5-3-1)22-19-21-9-7-17(23-19)15-6-8-20-18(14-15)24-10-12-25-13-11-24/h1-9,14H,10-13H2,(H,21,22,23). The van der Waals surface area contributed by atoms with Crippen molar-refractivity contribution in [1.29, 1.82) is 0 Å². The van der Waals surface area contributed by atoms with Crippen LogP contribution in [-0.2, 0) is 4.74 Å². The number of aromatic nitrogens is 3. The molecule has 1 aliphatic heterocycles. The summed E-state index contributed by atoms with van der Waals surface area (Å²) in [6.07, 6.45) is 3.59. The fraction of sp³-hybridized carbons (Fsp3) is 0.211. The Morgan fingerprint density at radius 3 is 2.56 bits per heavy atom. The Bertz CT molecular complexity index is 834. The van der Waals surface area contributed by atoms with Crippen LogP contribution in [0.15, 0.2) is 60.9 Å². The Morgan fingerprint density at radius 1 is 0.920 bits per heavy atom. The van der Waals surface area contributed by atoms with Crippen molar-refractivity contribution in [3.63, 3.8) is 0 Å². The lowest BCUT2D eigenvalue weighted by Gasteiger charge is -2.27. The van der Waals surface area contributed by atoms with E-state index in [9.17, 15) is 0 Å². The largest absolute Gasteiger partial charge is 0.378 e. The molecule has 0 spiro atoms. The van der Waals surface area contributed by atoms with E-state index in [2.05, 4.69) is 31.2 Å². The van der Waals surface area contributed by atoms with Gasteiger partial charge in [-0.3, -0.25) is 0 Å². The normalized spacial score (nSPS) is 14.3. The van der Waals surface area contributed by atoms with Crippen LogP contribution in [0.3, 0.4) is 0 Å². The highest BCUT2D eigenvalue weighted by Gasteiger charge is 2.13. The van der Waals surface area contributed by atoms with Crippen molar-refractivity contribution in [3.05, 3.63) is 60.9 Å². The Kier molecular flexibility index (Phi) is 4.52. The molecule has 1 aliphatic rings. The van der Waals surface area contributed by atoms with Crippen LogP contribution in [0.4, 0.5) is 17.5 Å². The van der Waals surface area contributed by atoms with E-state index >= 15 is 0 Å². The average molecular weight is 333 g/mol. The second-order valence-electron chi connectivity index (χ2n) is 5.76. The molecule has 0 unspecified atom stereocenters. The summed E-state index contributed by atoms with van der Waals surface area (Å²) in [5.74, 6) is 1.53. The highest BCUT2D eigenvalue weighted by Crippen LogP contribution is 2.23. The first-order valence-electron chi connectivity index (χ1n) is 8.33. The molecule has 0 radical (unpaired) electrons. The molecule has 1 saturated heterocycles. The summed E-state index contributed by atoms with van der Waals surface area (Å²) < 4.78 is 5.41. The third-order valence-corrected chi connectivity index (χ3v) is 4.06. The van der Waals surface area contributed by atoms with Crippen LogP contribution >= 0.6 is 0 Å². The summed E-state index contributed by atoms with van der Waals surface area (Å²) in [5.41, 5.74) is 2.85. The number of benzene rings is 1. The van der Waals surface area contributed by atoms with Crippen LogP contribution in [-0.4, -0.2) is 41.3 Å². The fourth-order valence-corrected chi connectivity index (χ4v) is 2.77. The number of hydrogen-bond donors (Lipinski definition) is 1. The Morgan fingerprint density at radius 2 is 1.72 bits per heavy atom. The number of ether oxygens (including phenoxy) is 1. The molecule has 0 amide bonds. The molecule has 0 saturated carbocycles. The molecule has 6 nitrogen and oxygen atoms in total. The number of nitrogens with one attached hydrogen (secondary N) is 1. The van der Waals surface area contributed by atoms with Gasteiger partial charge in [0.2, 0.25) is 5.95 Å². The summed E-state index contributed by atoms with van der Waals surface area (Å²) in [6.45, 7) is 3.21. The molecule has 1 fully saturated rings. The smallest absolute Gasteiger partial charge is 0.227 e. The summed E-state index contributed by atoms with van der Waals surface area (Å²) in [7, 11) is 0. The zero-order valence-electron chi connectivity index (χ0n) is 13.8. The SMILES string of the molecule is c1ccc(Nc2nccc(-c3ccnc(N4CCOCC4)c3)n2)cc1. The van der Waals surface area contributed by atoms with Gasteiger partial charge in [-0.05, 0) is 30.3 Å². The maximum Gasteiger partial charge on any atom is 0.227 e. The Balaban J connectivity index is 1.58. The van der Waals surface area contributed by atoms with Gasteiger partial charge in [-0.2, -0.15) is 0 Å². The van der Waals surface area contributed by atoms with Crippen molar-refractivity contribution < 1.29 is 4.74 Å². The number of nitrogens with zero attached hydrogens (tertiary/aromatic N) is 4.